The lowest BCUT2D eigenvalue weighted by molar-refractivity contribution is 0.0724. The van der Waals surface area contributed by atoms with E-state index in [1.165, 1.54) is 30.5 Å². The molecule has 3 heteroatoms. The normalized spacial score (nSPS) is 25.5. The van der Waals surface area contributed by atoms with Gasteiger partial charge in [-0.1, -0.05) is 25.1 Å². The lowest BCUT2D eigenvalue weighted by Gasteiger charge is -2.32. The van der Waals surface area contributed by atoms with E-state index in [0.29, 0.717) is 12.0 Å². The first kappa shape index (κ1) is 13.9. The molecular formula is C17H26N2O. The van der Waals surface area contributed by atoms with Crippen LogP contribution in [-0.2, 0) is 4.74 Å². The van der Waals surface area contributed by atoms with Crippen molar-refractivity contribution >= 4 is 5.69 Å². The molecule has 2 unspecified atom stereocenters. The van der Waals surface area contributed by atoms with E-state index >= 15 is 0 Å². The van der Waals surface area contributed by atoms with E-state index in [-0.39, 0.29) is 0 Å². The van der Waals surface area contributed by atoms with Crippen LogP contribution in [0.3, 0.4) is 0 Å². The Morgan fingerprint density at radius 3 is 2.95 bits per heavy atom. The summed E-state index contributed by atoms with van der Waals surface area (Å²) in [5, 5.41) is 3.51. The van der Waals surface area contributed by atoms with Crippen molar-refractivity contribution in [3.8, 4) is 0 Å². The summed E-state index contributed by atoms with van der Waals surface area (Å²) >= 11 is 0. The highest BCUT2D eigenvalue weighted by atomic mass is 16.5. The van der Waals surface area contributed by atoms with Gasteiger partial charge in [-0.2, -0.15) is 0 Å². The summed E-state index contributed by atoms with van der Waals surface area (Å²) in [4.78, 5) is 2.57. The van der Waals surface area contributed by atoms with E-state index in [9.17, 15) is 0 Å². The first-order valence-corrected chi connectivity index (χ1v) is 8.03. The lowest BCUT2D eigenvalue weighted by atomic mass is 9.90. The van der Waals surface area contributed by atoms with Gasteiger partial charge in [0.15, 0.2) is 0 Å². The Morgan fingerprint density at radius 1 is 1.25 bits per heavy atom. The van der Waals surface area contributed by atoms with E-state index < -0.39 is 0 Å². The van der Waals surface area contributed by atoms with E-state index in [4.69, 9.17) is 4.74 Å². The summed E-state index contributed by atoms with van der Waals surface area (Å²) in [7, 11) is 0. The fraction of sp³-hybridized carbons (Fsp3) is 0.647. The van der Waals surface area contributed by atoms with Crippen molar-refractivity contribution in [3.63, 3.8) is 0 Å². The highest BCUT2D eigenvalue weighted by Gasteiger charge is 2.24. The molecule has 2 aliphatic rings. The molecule has 0 amide bonds. The Hall–Kier alpha value is -1.06. The zero-order valence-corrected chi connectivity index (χ0v) is 12.5. The zero-order chi connectivity index (χ0) is 13.8. The standard InChI is InChI=1S/C17H26N2O/c1-2-19(13-15-6-5-11-20-15)12-14-9-10-18-17-8-4-3-7-16(14)17/h3-4,7-8,14-15,18H,2,5-6,9-13H2,1H3. The van der Waals surface area contributed by atoms with Crippen LogP contribution >= 0.6 is 0 Å². The quantitative estimate of drug-likeness (QED) is 0.893. The molecular weight excluding hydrogens is 248 g/mol. The first-order valence-electron chi connectivity index (χ1n) is 8.03. The number of nitrogens with zero attached hydrogens (tertiary/aromatic N) is 1. The number of benzene rings is 1. The van der Waals surface area contributed by atoms with Crippen LogP contribution in [0.1, 0.15) is 37.7 Å². The van der Waals surface area contributed by atoms with Crippen LogP contribution < -0.4 is 5.32 Å². The molecule has 1 aromatic carbocycles. The molecule has 0 spiro atoms. The molecule has 0 bridgehead atoms. The molecule has 3 nitrogen and oxygen atoms in total. The highest BCUT2D eigenvalue weighted by Crippen LogP contribution is 2.32. The third-order valence-corrected chi connectivity index (χ3v) is 4.62. The molecule has 1 saturated heterocycles. The number of hydrogen-bond acceptors (Lipinski definition) is 3. The van der Waals surface area contributed by atoms with Gasteiger partial charge in [0.05, 0.1) is 6.10 Å². The molecule has 0 aliphatic carbocycles. The van der Waals surface area contributed by atoms with Gasteiger partial charge in [0, 0.05) is 37.8 Å². The average Bonchev–Trinajstić information content (AvgIpc) is 3.00. The third kappa shape index (κ3) is 3.15. The number of hydrogen-bond donors (Lipinski definition) is 1. The van der Waals surface area contributed by atoms with E-state index in [2.05, 4.69) is 41.4 Å². The Balaban J connectivity index is 1.64. The molecule has 0 aromatic heterocycles. The van der Waals surface area contributed by atoms with Crippen molar-refractivity contribution in [1.82, 2.24) is 4.90 Å². The van der Waals surface area contributed by atoms with Crippen LogP contribution in [0.2, 0.25) is 0 Å². The number of para-hydroxylation sites is 1. The van der Waals surface area contributed by atoms with E-state index in [1.807, 2.05) is 0 Å². The van der Waals surface area contributed by atoms with Gasteiger partial charge < -0.3 is 15.0 Å². The number of likely N-dealkylation sites (N-methyl/N-ethyl adjacent to an activating group) is 1. The molecule has 1 fully saturated rings. The molecule has 2 heterocycles. The minimum absolute atomic E-state index is 0.465. The summed E-state index contributed by atoms with van der Waals surface area (Å²) in [5.74, 6) is 0.661. The van der Waals surface area contributed by atoms with Gasteiger partial charge in [-0.25, -0.2) is 0 Å². The molecule has 2 atom stereocenters. The number of anilines is 1. The molecule has 110 valence electrons. The van der Waals surface area contributed by atoms with Crippen molar-refractivity contribution in [3.05, 3.63) is 29.8 Å². The number of ether oxygens (including phenoxy) is 1. The van der Waals surface area contributed by atoms with E-state index in [1.54, 1.807) is 0 Å². The Bertz CT molecular complexity index is 429. The summed E-state index contributed by atoms with van der Waals surface area (Å²) < 4.78 is 5.79. The largest absolute Gasteiger partial charge is 0.385 e. The van der Waals surface area contributed by atoms with Crippen LogP contribution in [-0.4, -0.2) is 43.8 Å². The van der Waals surface area contributed by atoms with Gasteiger partial charge in [0.2, 0.25) is 0 Å². The lowest BCUT2D eigenvalue weighted by Crippen LogP contribution is -2.36. The van der Waals surface area contributed by atoms with Crippen molar-refractivity contribution < 1.29 is 4.74 Å². The van der Waals surface area contributed by atoms with Crippen molar-refractivity contribution in [1.29, 1.82) is 0 Å². The van der Waals surface area contributed by atoms with Crippen LogP contribution in [0.5, 0.6) is 0 Å². The smallest absolute Gasteiger partial charge is 0.0702 e. The van der Waals surface area contributed by atoms with Crippen LogP contribution in [0.4, 0.5) is 5.69 Å². The predicted molar refractivity (Wildman–Crippen MR) is 83.4 cm³/mol. The maximum Gasteiger partial charge on any atom is 0.0702 e. The monoisotopic (exact) mass is 274 g/mol. The Kier molecular flexibility index (Phi) is 4.58. The SMILES string of the molecule is CCN(CC1CCCO1)CC1CCNc2ccccc21. The minimum Gasteiger partial charge on any atom is -0.385 e. The third-order valence-electron chi connectivity index (χ3n) is 4.62. The Morgan fingerprint density at radius 2 is 2.15 bits per heavy atom. The van der Waals surface area contributed by atoms with Crippen molar-refractivity contribution in [2.24, 2.45) is 0 Å². The molecule has 1 N–H and O–H groups in total. The summed E-state index contributed by atoms with van der Waals surface area (Å²) in [6.07, 6.45) is 4.17. The summed E-state index contributed by atoms with van der Waals surface area (Å²) in [6.45, 7) is 7.70. The second-order valence-corrected chi connectivity index (χ2v) is 5.99. The number of fused-ring (bicyclic) bond motifs is 1. The highest BCUT2D eigenvalue weighted by molar-refractivity contribution is 5.54. The molecule has 2 aliphatic heterocycles. The van der Waals surface area contributed by atoms with E-state index in [0.717, 1.165) is 32.8 Å². The van der Waals surface area contributed by atoms with Crippen LogP contribution in [0.25, 0.3) is 0 Å². The van der Waals surface area contributed by atoms with Crippen LogP contribution in [0.15, 0.2) is 24.3 Å². The predicted octanol–water partition coefficient (Wildman–Crippen LogP) is 3.09. The number of nitrogens with one attached hydrogen (secondary N) is 1. The second kappa shape index (κ2) is 6.59. The van der Waals surface area contributed by atoms with Gasteiger partial charge in [0.25, 0.3) is 0 Å². The van der Waals surface area contributed by atoms with Crippen molar-refractivity contribution in [2.75, 3.05) is 38.1 Å². The maximum atomic E-state index is 5.79. The van der Waals surface area contributed by atoms with Gasteiger partial charge >= 0.3 is 0 Å². The first-order chi connectivity index (χ1) is 9.86. The second-order valence-electron chi connectivity index (χ2n) is 5.99. The Labute approximate surface area is 122 Å². The zero-order valence-electron chi connectivity index (χ0n) is 12.5. The molecule has 1 aromatic rings. The van der Waals surface area contributed by atoms with Gasteiger partial charge in [-0.15, -0.1) is 0 Å². The molecule has 0 saturated carbocycles. The van der Waals surface area contributed by atoms with Gasteiger partial charge in [-0.05, 0) is 37.4 Å². The summed E-state index contributed by atoms with van der Waals surface area (Å²) in [5.41, 5.74) is 2.82. The van der Waals surface area contributed by atoms with Gasteiger partial charge in [0.1, 0.15) is 0 Å². The van der Waals surface area contributed by atoms with Crippen LogP contribution in [0, 0.1) is 0 Å². The average molecular weight is 274 g/mol. The topological polar surface area (TPSA) is 24.5 Å². The maximum absolute atomic E-state index is 5.79. The molecule has 20 heavy (non-hydrogen) atoms. The van der Waals surface area contributed by atoms with Gasteiger partial charge in [-0.3, -0.25) is 0 Å². The number of rotatable bonds is 5. The molecule has 0 radical (unpaired) electrons. The fourth-order valence-electron chi connectivity index (χ4n) is 3.46. The summed E-state index contributed by atoms with van der Waals surface area (Å²) in [6, 6.07) is 8.78. The van der Waals surface area contributed by atoms with Crippen molar-refractivity contribution in [2.45, 2.75) is 38.2 Å². The molecule has 3 rings (SSSR count). The fourth-order valence-corrected chi connectivity index (χ4v) is 3.46. The minimum atomic E-state index is 0.465.